The molecule has 0 aliphatic rings. The topological polar surface area (TPSA) is 0 Å². The van der Waals surface area contributed by atoms with Crippen molar-refractivity contribution in [3.05, 3.63) is 77.2 Å². The van der Waals surface area contributed by atoms with Gasteiger partial charge in [0, 0.05) is 5.02 Å². The van der Waals surface area contributed by atoms with Crippen molar-refractivity contribution in [1.82, 2.24) is 0 Å². The van der Waals surface area contributed by atoms with Gasteiger partial charge in [0.1, 0.15) is 0 Å². The molecule has 0 amide bonds. The monoisotopic (exact) mass is 215 g/mol. The molecule has 0 heterocycles. The third kappa shape index (κ3) is 2.84. The Morgan fingerprint density at radius 1 is 0.800 bits per heavy atom. The van der Waals surface area contributed by atoms with E-state index >= 15 is 0 Å². The zero-order chi connectivity index (χ0) is 10.7. The molecular formula is C14H12Cl. The first kappa shape index (κ1) is 10.3. The zero-order valence-electron chi connectivity index (χ0n) is 8.41. The van der Waals surface area contributed by atoms with E-state index in [9.17, 15) is 0 Å². The second kappa shape index (κ2) is 4.50. The third-order valence-corrected chi connectivity index (χ3v) is 2.60. The largest absolute Gasteiger partial charge is 0.0843 e. The minimum atomic E-state index is 0.784. The number of rotatable bonds is 2. The molecule has 0 saturated carbocycles. The van der Waals surface area contributed by atoms with Crippen LogP contribution in [0.4, 0.5) is 0 Å². The van der Waals surface area contributed by atoms with Crippen molar-refractivity contribution in [1.29, 1.82) is 0 Å². The molecule has 0 spiro atoms. The van der Waals surface area contributed by atoms with Crippen molar-refractivity contribution < 1.29 is 0 Å². The lowest BCUT2D eigenvalue weighted by atomic mass is 10.0. The second-order valence-electron chi connectivity index (χ2n) is 3.62. The molecule has 75 valence electrons. The Morgan fingerprint density at radius 2 is 1.27 bits per heavy atom. The van der Waals surface area contributed by atoms with Gasteiger partial charge in [0.05, 0.1) is 0 Å². The zero-order valence-corrected chi connectivity index (χ0v) is 9.17. The van der Waals surface area contributed by atoms with Crippen LogP contribution in [0.2, 0.25) is 5.02 Å². The first-order valence-electron chi connectivity index (χ1n) is 4.89. The van der Waals surface area contributed by atoms with E-state index < -0.39 is 0 Å². The van der Waals surface area contributed by atoms with E-state index in [4.69, 9.17) is 11.6 Å². The van der Waals surface area contributed by atoms with E-state index in [2.05, 4.69) is 31.2 Å². The van der Waals surface area contributed by atoms with Gasteiger partial charge < -0.3 is 0 Å². The summed E-state index contributed by atoms with van der Waals surface area (Å²) >= 11 is 5.83. The fourth-order valence-electron chi connectivity index (χ4n) is 1.50. The number of benzene rings is 2. The molecule has 0 fully saturated rings. The van der Waals surface area contributed by atoms with Crippen LogP contribution in [0, 0.1) is 6.92 Å². The van der Waals surface area contributed by atoms with Crippen LogP contribution in [0.15, 0.2) is 48.5 Å². The molecule has 0 bridgehead atoms. The van der Waals surface area contributed by atoms with Gasteiger partial charge in [-0.05, 0) is 42.2 Å². The molecule has 2 aromatic carbocycles. The van der Waals surface area contributed by atoms with Crippen molar-refractivity contribution in [3.63, 3.8) is 0 Å². The normalized spacial score (nSPS) is 10.3. The average molecular weight is 216 g/mol. The van der Waals surface area contributed by atoms with Crippen molar-refractivity contribution in [3.8, 4) is 0 Å². The minimum absolute atomic E-state index is 0.784. The minimum Gasteiger partial charge on any atom is -0.0843 e. The number of halogens is 1. The van der Waals surface area contributed by atoms with Crippen molar-refractivity contribution in [2.45, 2.75) is 6.42 Å². The SMILES string of the molecule is [CH2]c1ccc(Cc2ccc(Cl)cc2)cc1. The molecular weight excluding hydrogens is 204 g/mol. The molecule has 0 unspecified atom stereocenters. The summed E-state index contributed by atoms with van der Waals surface area (Å²) in [7, 11) is 0. The van der Waals surface area contributed by atoms with Crippen LogP contribution in [0.5, 0.6) is 0 Å². The molecule has 0 saturated heterocycles. The average Bonchev–Trinajstić information content (AvgIpc) is 2.25. The first-order valence-corrected chi connectivity index (χ1v) is 5.27. The van der Waals surface area contributed by atoms with Gasteiger partial charge in [0.2, 0.25) is 0 Å². The van der Waals surface area contributed by atoms with Crippen molar-refractivity contribution >= 4 is 11.6 Å². The van der Waals surface area contributed by atoms with E-state index in [0.717, 1.165) is 17.0 Å². The molecule has 0 aliphatic carbocycles. The van der Waals surface area contributed by atoms with Gasteiger partial charge in [0.25, 0.3) is 0 Å². The van der Waals surface area contributed by atoms with E-state index in [0.29, 0.717) is 0 Å². The highest BCUT2D eigenvalue weighted by Crippen LogP contribution is 2.13. The molecule has 0 N–H and O–H groups in total. The quantitative estimate of drug-likeness (QED) is 0.707. The van der Waals surface area contributed by atoms with Crippen molar-refractivity contribution in [2.24, 2.45) is 0 Å². The fraction of sp³-hybridized carbons (Fsp3) is 0.0714. The number of hydrogen-bond acceptors (Lipinski definition) is 0. The van der Waals surface area contributed by atoms with Gasteiger partial charge in [-0.25, -0.2) is 0 Å². The molecule has 1 radical (unpaired) electrons. The maximum Gasteiger partial charge on any atom is 0.0406 e. The van der Waals surface area contributed by atoms with E-state index in [1.165, 1.54) is 11.1 Å². The highest BCUT2D eigenvalue weighted by atomic mass is 35.5. The van der Waals surface area contributed by atoms with Crippen LogP contribution in [-0.2, 0) is 6.42 Å². The van der Waals surface area contributed by atoms with Crippen LogP contribution in [0.25, 0.3) is 0 Å². The summed E-state index contributed by atoms with van der Waals surface area (Å²) in [6.45, 7) is 3.86. The summed E-state index contributed by atoms with van der Waals surface area (Å²) in [4.78, 5) is 0. The molecule has 0 aliphatic heterocycles. The van der Waals surface area contributed by atoms with Crippen LogP contribution in [0.1, 0.15) is 16.7 Å². The Labute approximate surface area is 95.5 Å². The Morgan fingerprint density at radius 3 is 1.80 bits per heavy atom. The lowest BCUT2D eigenvalue weighted by molar-refractivity contribution is 1.19. The lowest BCUT2D eigenvalue weighted by Crippen LogP contribution is -1.87. The van der Waals surface area contributed by atoms with Gasteiger partial charge in [-0.15, -0.1) is 0 Å². The fourth-order valence-corrected chi connectivity index (χ4v) is 1.62. The molecule has 2 rings (SSSR count). The van der Waals surface area contributed by atoms with E-state index in [1.807, 2.05) is 24.3 Å². The van der Waals surface area contributed by atoms with Gasteiger partial charge in [0.15, 0.2) is 0 Å². The van der Waals surface area contributed by atoms with Crippen molar-refractivity contribution in [2.75, 3.05) is 0 Å². The molecule has 0 nitrogen and oxygen atoms in total. The maximum atomic E-state index is 5.83. The Kier molecular flexibility index (Phi) is 3.08. The Balaban J connectivity index is 2.15. The van der Waals surface area contributed by atoms with Gasteiger partial charge >= 0.3 is 0 Å². The van der Waals surface area contributed by atoms with Crippen LogP contribution >= 0.6 is 11.6 Å². The molecule has 0 atom stereocenters. The number of hydrogen-bond donors (Lipinski definition) is 0. The van der Waals surface area contributed by atoms with Gasteiger partial charge in [-0.2, -0.15) is 0 Å². The summed E-state index contributed by atoms with van der Waals surface area (Å²) in [5.74, 6) is 0. The third-order valence-electron chi connectivity index (χ3n) is 2.34. The molecule has 0 aromatic heterocycles. The highest BCUT2D eigenvalue weighted by Gasteiger charge is 1.96. The smallest absolute Gasteiger partial charge is 0.0406 e. The summed E-state index contributed by atoms with van der Waals surface area (Å²) in [5.41, 5.74) is 3.62. The molecule has 1 heteroatoms. The van der Waals surface area contributed by atoms with Crippen LogP contribution < -0.4 is 0 Å². The standard InChI is InChI=1S/C14H12Cl/c1-11-2-4-12(5-3-11)10-13-6-8-14(15)9-7-13/h2-9H,1,10H2. The summed E-state index contributed by atoms with van der Waals surface area (Å²) in [6.07, 6.45) is 0.942. The Hall–Kier alpha value is -1.27. The predicted molar refractivity (Wildman–Crippen MR) is 65.2 cm³/mol. The van der Waals surface area contributed by atoms with E-state index in [-0.39, 0.29) is 0 Å². The molecule has 15 heavy (non-hydrogen) atoms. The van der Waals surface area contributed by atoms with Crippen LogP contribution in [0.3, 0.4) is 0 Å². The summed E-state index contributed by atoms with van der Waals surface area (Å²) < 4.78 is 0. The van der Waals surface area contributed by atoms with Crippen LogP contribution in [-0.4, -0.2) is 0 Å². The summed E-state index contributed by atoms with van der Waals surface area (Å²) in [6, 6.07) is 16.2. The second-order valence-corrected chi connectivity index (χ2v) is 4.06. The maximum absolute atomic E-state index is 5.83. The molecule has 2 aromatic rings. The first-order chi connectivity index (χ1) is 7.24. The van der Waals surface area contributed by atoms with Gasteiger partial charge in [-0.3, -0.25) is 0 Å². The lowest BCUT2D eigenvalue weighted by Gasteiger charge is -2.02. The highest BCUT2D eigenvalue weighted by molar-refractivity contribution is 6.30. The van der Waals surface area contributed by atoms with Gasteiger partial charge in [-0.1, -0.05) is 48.0 Å². The summed E-state index contributed by atoms with van der Waals surface area (Å²) in [5, 5.41) is 0.784. The predicted octanol–water partition coefficient (Wildman–Crippen LogP) is 4.11. The van der Waals surface area contributed by atoms with E-state index in [1.54, 1.807) is 0 Å². The Bertz CT molecular complexity index is 382.